The Morgan fingerprint density at radius 2 is 1.97 bits per heavy atom. The van der Waals surface area contributed by atoms with Gasteiger partial charge in [-0.25, -0.2) is 4.39 Å². The average molecular weight is 457 g/mol. The van der Waals surface area contributed by atoms with Gasteiger partial charge in [0.25, 0.3) is 5.91 Å². The third-order valence-corrected chi connectivity index (χ3v) is 7.12. The average Bonchev–Trinajstić information content (AvgIpc) is 3.45. The molecule has 1 spiro atoms. The Balaban J connectivity index is 1.56. The molecule has 0 aliphatic carbocycles. The molecule has 1 saturated heterocycles. The molecule has 1 atom stereocenters. The quantitative estimate of drug-likeness (QED) is 0.637. The fourth-order valence-electron chi connectivity index (χ4n) is 4.22. The van der Waals surface area contributed by atoms with Gasteiger partial charge in [0.1, 0.15) is 10.8 Å². The van der Waals surface area contributed by atoms with Gasteiger partial charge in [-0.2, -0.15) is 0 Å². The summed E-state index contributed by atoms with van der Waals surface area (Å²) < 4.78 is 20.2. The SMILES string of the molecule is CN1C(=O)c2c(O)c(=O)c(-c3nnc(Cc4ccc(F)cc4)s3)cn2N(C)C12CCOC2. The number of likely N-dealkylation sites (N-methyl/N-ethyl adjacent to an activating group) is 2. The number of rotatable bonds is 3. The highest BCUT2D eigenvalue weighted by molar-refractivity contribution is 7.14. The van der Waals surface area contributed by atoms with Crippen molar-refractivity contribution in [2.75, 3.05) is 32.3 Å². The van der Waals surface area contributed by atoms with E-state index < -0.39 is 22.7 Å². The molecule has 166 valence electrons. The van der Waals surface area contributed by atoms with Crippen LogP contribution in [0.3, 0.4) is 0 Å². The van der Waals surface area contributed by atoms with Gasteiger partial charge < -0.3 is 14.7 Å². The zero-order chi connectivity index (χ0) is 22.6. The molecule has 1 unspecified atom stereocenters. The summed E-state index contributed by atoms with van der Waals surface area (Å²) in [6, 6.07) is 6.07. The van der Waals surface area contributed by atoms with Gasteiger partial charge in [-0.05, 0) is 17.7 Å². The number of benzene rings is 1. The summed E-state index contributed by atoms with van der Waals surface area (Å²) in [5, 5.41) is 21.7. The Kier molecular flexibility index (Phi) is 4.75. The van der Waals surface area contributed by atoms with Crippen LogP contribution in [0.15, 0.2) is 35.3 Å². The van der Waals surface area contributed by atoms with Crippen LogP contribution in [0.5, 0.6) is 5.75 Å². The number of halogens is 1. The van der Waals surface area contributed by atoms with Crippen LogP contribution in [0.2, 0.25) is 0 Å². The van der Waals surface area contributed by atoms with Crippen LogP contribution in [0.25, 0.3) is 10.6 Å². The molecule has 1 aromatic carbocycles. The topological polar surface area (TPSA) is 101 Å². The van der Waals surface area contributed by atoms with Crippen molar-refractivity contribution in [2.24, 2.45) is 0 Å². The second-order valence-corrected chi connectivity index (χ2v) is 8.95. The first-order chi connectivity index (χ1) is 15.3. The highest BCUT2D eigenvalue weighted by atomic mass is 32.1. The molecule has 2 aromatic heterocycles. The summed E-state index contributed by atoms with van der Waals surface area (Å²) in [6.45, 7) is 0.813. The van der Waals surface area contributed by atoms with E-state index in [1.54, 1.807) is 31.2 Å². The summed E-state index contributed by atoms with van der Waals surface area (Å²) in [7, 11) is 3.43. The first-order valence-corrected chi connectivity index (χ1v) is 10.8. The van der Waals surface area contributed by atoms with Crippen molar-refractivity contribution in [3.8, 4) is 16.3 Å². The fourth-order valence-corrected chi connectivity index (χ4v) is 5.10. The van der Waals surface area contributed by atoms with Gasteiger partial charge in [0, 0.05) is 33.1 Å². The van der Waals surface area contributed by atoms with E-state index in [2.05, 4.69) is 10.2 Å². The predicted octanol–water partition coefficient (Wildman–Crippen LogP) is 1.57. The molecule has 3 aromatic rings. The second-order valence-electron chi connectivity index (χ2n) is 7.89. The number of hydrogen-bond acceptors (Lipinski definition) is 8. The molecule has 32 heavy (non-hydrogen) atoms. The van der Waals surface area contributed by atoms with Gasteiger partial charge in [0.15, 0.2) is 22.1 Å². The molecule has 2 aliphatic heterocycles. The molecule has 4 heterocycles. The molecule has 1 N–H and O–H groups in total. The number of aromatic nitrogens is 3. The van der Waals surface area contributed by atoms with E-state index in [4.69, 9.17) is 4.74 Å². The number of carbonyl (C=O) groups excluding carboxylic acids is 1. The van der Waals surface area contributed by atoms with Gasteiger partial charge in [-0.3, -0.25) is 19.3 Å². The monoisotopic (exact) mass is 457 g/mol. The van der Waals surface area contributed by atoms with E-state index in [1.165, 1.54) is 39.2 Å². The molecule has 2 aliphatic rings. The number of hydrogen-bond donors (Lipinski definition) is 1. The van der Waals surface area contributed by atoms with Gasteiger partial charge >= 0.3 is 0 Å². The van der Waals surface area contributed by atoms with Crippen LogP contribution >= 0.6 is 11.3 Å². The largest absolute Gasteiger partial charge is 0.502 e. The Bertz CT molecular complexity index is 1270. The highest BCUT2D eigenvalue weighted by Gasteiger charge is 2.50. The zero-order valence-corrected chi connectivity index (χ0v) is 18.2. The minimum atomic E-state index is -0.711. The van der Waals surface area contributed by atoms with Crippen molar-refractivity contribution in [2.45, 2.75) is 18.5 Å². The van der Waals surface area contributed by atoms with Gasteiger partial charge in [-0.1, -0.05) is 23.5 Å². The van der Waals surface area contributed by atoms with Crippen molar-refractivity contribution in [1.82, 2.24) is 19.8 Å². The van der Waals surface area contributed by atoms with E-state index in [1.807, 2.05) is 0 Å². The molecule has 1 amide bonds. The van der Waals surface area contributed by atoms with Crippen molar-refractivity contribution < 1.29 is 19.0 Å². The number of nitrogens with zero attached hydrogens (tertiary/aromatic N) is 5. The summed E-state index contributed by atoms with van der Waals surface area (Å²) in [5.74, 6) is -1.40. The third kappa shape index (κ3) is 3.00. The van der Waals surface area contributed by atoms with Gasteiger partial charge in [0.2, 0.25) is 5.43 Å². The van der Waals surface area contributed by atoms with Gasteiger partial charge in [0.05, 0.1) is 18.8 Å². The summed E-state index contributed by atoms with van der Waals surface area (Å²) >= 11 is 1.21. The summed E-state index contributed by atoms with van der Waals surface area (Å²) in [6.07, 6.45) is 2.54. The number of ether oxygens (including phenoxy) is 1. The van der Waals surface area contributed by atoms with Crippen LogP contribution < -0.4 is 10.4 Å². The van der Waals surface area contributed by atoms with Crippen LogP contribution in [0.1, 0.15) is 27.5 Å². The molecule has 0 bridgehead atoms. The lowest BCUT2D eigenvalue weighted by molar-refractivity contribution is 0.0332. The predicted molar refractivity (Wildman–Crippen MR) is 115 cm³/mol. The maximum absolute atomic E-state index is 13.1. The minimum absolute atomic E-state index is 0.0997. The lowest BCUT2D eigenvalue weighted by Crippen LogP contribution is -2.68. The lowest BCUT2D eigenvalue weighted by atomic mass is 10.0. The molecule has 5 rings (SSSR count). The fraction of sp³-hybridized carbons (Fsp3) is 0.333. The molecule has 0 saturated carbocycles. The third-order valence-electron chi connectivity index (χ3n) is 6.17. The number of pyridine rings is 1. The molecular weight excluding hydrogens is 437 g/mol. The first-order valence-electron chi connectivity index (χ1n) is 9.97. The van der Waals surface area contributed by atoms with Crippen molar-refractivity contribution in [1.29, 1.82) is 0 Å². The van der Waals surface area contributed by atoms with Crippen LogP contribution in [-0.4, -0.2) is 63.8 Å². The Hall–Kier alpha value is -3.31. The van der Waals surface area contributed by atoms with Crippen molar-refractivity contribution in [3.63, 3.8) is 0 Å². The van der Waals surface area contributed by atoms with Crippen LogP contribution in [-0.2, 0) is 11.2 Å². The van der Waals surface area contributed by atoms with E-state index in [0.29, 0.717) is 36.1 Å². The smallest absolute Gasteiger partial charge is 0.278 e. The Morgan fingerprint density at radius 1 is 1.22 bits per heavy atom. The van der Waals surface area contributed by atoms with E-state index >= 15 is 0 Å². The maximum Gasteiger partial charge on any atom is 0.278 e. The standard InChI is InChI=1S/C21H20FN5O4S/c1-25-20(30)16-18(29)17(28)14(10-27(16)26(2)21(25)7-8-31-11-21)19-24-23-15(32-19)9-12-3-5-13(22)6-4-12/h3-6,10,29H,7-9,11H2,1-2H3. The minimum Gasteiger partial charge on any atom is -0.502 e. The van der Waals surface area contributed by atoms with Crippen molar-refractivity contribution >= 4 is 17.2 Å². The number of carbonyl (C=O) groups is 1. The Labute approximate surface area is 186 Å². The highest BCUT2D eigenvalue weighted by Crippen LogP contribution is 2.36. The second kappa shape index (κ2) is 7.38. The zero-order valence-electron chi connectivity index (χ0n) is 17.4. The van der Waals surface area contributed by atoms with Crippen molar-refractivity contribution in [3.05, 3.63) is 62.8 Å². The van der Waals surface area contributed by atoms with E-state index in [-0.39, 0.29) is 17.1 Å². The number of fused-ring (bicyclic) bond motifs is 1. The molecule has 1 fully saturated rings. The Morgan fingerprint density at radius 3 is 2.66 bits per heavy atom. The van der Waals surface area contributed by atoms with E-state index in [0.717, 1.165) is 5.56 Å². The molecule has 9 nitrogen and oxygen atoms in total. The maximum atomic E-state index is 13.1. The molecule has 0 radical (unpaired) electrons. The molecule has 11 heteroatoms. The molecular formula is C21H20FN5O4S. The normalized spacial score (nSPS) is 20.3. The number of aromatic hydroxyl groups is 1. The van der Waals surface area contributed by atoms with Crippen LogP contribution in [0, 0.1) is 5.82 Å². The van der Waals surface area contributed by atoms with Gasteiger partial charge in [-0.15, -0.1) is 10.2 Å². The number of amides is 1. The lowest BCUT2D eigenvalue weighted by Gasteiger charge is -2.50. The van der Waals surface area contributed by atoms with E-state index in [9.17, 15) is 19.1 Å². The van der Waals surface area contributed by atoms with Crippen LogP contribution in [0.4, 0.5) is 4.39 Å². The summed E-state index contributed by atoms with van der Waals surface area (Å²) in [5.41, 5.74) is -0.493. The summed E-state index contributed by atoms with van der Waals surface area (Å²) in [4.78, 5) is 27.5. The first kappa shape index (κ1) is 20.6.